The number of ether oxygens (including phenoxy) is 2. The number of esters is 2. The van der Waals surface area contributed by atoms with Gasteiger partial charge in [-0.3, -0.25) is 9.59 Å². The Bertz CT molecular complexity index is 380. The van der Waals surface area contributed by atoms with Crippen LogP contribution in [0.25, 0.3) is 0 Å². The molecule has 0 aliphatic heterocycles. The van der Waals surface area contributed by atoms with E-state index in [1.807, 2.05) is 0 Å². The van der Waals surface area contributed by atoms with E-state index in [0.29, 0.717) is 0 Å². The summed E-state index contributed by atoms with van der Waals surface area (Å²) >= 11 is 0. The molecule has 0 rings (SSSR count). The second-order valence-corrected chi connectivity index (χ2v) is 7.06. The van der Waals surface area contributed by atoms with Gasteiger partial charge in [0.25, 0.3) is 0 Å². The Morgan fingerprint density at radius 1 is 0.682 bits per heavy atom. The van der Waals surface area contributed by atoms with E-state index >= 15 is 0 Å². The van der Waals surface area contributed by atoms with E-state index in [1.165, 1.54) is 41.5 Å². The molecule has 0 amide bonds. The quantitative estimate of drug-likeness (QED) is 0.572. The molecule has 8 heteroatoms. The Kier molecular flexibility index (Phi) is 6.03. The molecule has 0 heterocycles. The summed E-state index contributed by atoms with van der Waals surface area (Å²) < 4.78 is 62.4. The molecule has 130 valence electrons. The maximum absolute atomic E-state index is 13.5. The molecular weight excluding hydrogens is 308 g/mol. The molecule has 0 aromatic heterocycles. The van der Waals surface area contributed by atoms with Crippen LogP contribution in [0.1, 0.15) is 41.5 Å². The average Bonchev–Trinajstić information content (AvgIpc) is 2.30. The van der Waals surface area contributed by atoms with Gasteiger partial charge in [0, 0.05) is 0 Å². The number of hydrogen-bond acceptors (Lipinski definition) is 4. The van der Waals surface area contributed by atoms with Crippen LogP contribution in [0.15, 0.2) is 0 Å². The maximum atomic E-state index is 13.5. The molecule has 0 aromatic carbocycles. The molecule has 0 aromatic rings. The number of carbonyl (C=O) groups is 2. The zero-order valence-corrected chi connectivity index (χ0v) is 13.6. The molecule has 0 saturated heterocycles. The molecular formula is C14H22F4O4. The number of hydrogen-bond donors (Lipinski definition) is 0. The van der Waals surface area contributed by atoms with Crippen LogP contribution in [0.5, 0.6) is 0 Å². The maximum Gasteiger partial charge on any atom is 0.346 e. The van der Waals surface area contributed by atoms with E-state index in [-0.39, 0.29) is 0 Å². The lowest BCUT2D eigenvalue weighted by atomic mass is 9.97. The van der Waals surface area contributed by atoms with E-state index < -0.39 is 47.8 Å². The average molecular weight is 330 g/mol. The molecule has 0 aliphatic rings. The lowest BCUT2D eigenvalue weighted by Crippen LogP contribution is -2.49. The van der Waals surface area contributed by atoms with Crippen molar-refractivity contribution in [3.05, 3.63) is 0 Å². The lowest BCUT2D eigenvalue weighted by Gasteiger charge is -2.28. The van der Waals surface area contributed by atoms with Crippen LogP contribution in [-0.4, -0.2) is 37.0 Å². The Balaban J connectivity index is 4.74. The largest absolute Gasteiger partial charge is 0.459 e. The minimum absolute atomic E-state index is 1.03. The normalized spacial score (nSPS) is 13.7. The second kappa shape index (κ2) is 6.42. The standard InChI is InChI=1S/C14H22F4O4/c1-11(2,3)9(19)21-7-13(15,16)14(17,18)8-22-10(20)12(4,5)6/h7-8H2,1-6H3. The van der Waals surface area contributed by atoms with Crippen molar-refractivity contribution >= 4 is 11.9 Å². The highest BCUT2D eigenvalue weighted by atomic mass is 19.3. The van der Waals surface area contributed by atoms with E-state index in [9.17, 15) is 27.2 Å². The van der Waals surface area contributed by atoms with Crippen LogP contribution in [0.4, 0.5) is 17.6 Å². The monoisotopic (exact) mass is 330 g/mol. The number of carbonyl (C=O) groups excluding carboxylic acids is 2. The van der Waals surface area contributed by atoms with Crippen molar-refractivity contribution in [3.63, 3.8) is 0 Å². The predicted molar refractivity (Wildman–Crippen MR) is 70.7 cm³/mol. The molecule has 22 heavy (non-hydrogen) atoms. The summed E-state index contributed by atoms with van der Waals surface area (Å²) in [6.45, 7) is 4.82. The van der Waals surface area contributed by atoms with Crippen LogP contribution >= 0.6 is 0 Å². The highest BCUT2D eigenvalue weighted by Gasteiger charge is 2.58. The summed E-state index contributed by atoms with van der Waals surface area (Å²) in [4.78, 5) is 22.7. The third-order valence-electron chi connectivity index (χ3n) is 2.53. The summed E-state index contributed by atoms with van der Waals surface area (Å²) in [6, 6.07) is 0. The number of rotatable bonds is 5. The lowest BCUT2D eigenvalue weighted by molar-refractivity contribution is -0.250. The summed E-state index contributed by atoms with van der Waals surface area (Å²) in [5.74, 6) is -11.4. The van der Waals surface area contributed by atoms with E-state index in [2.05, 4.69) is 9.47 Å². The first-order chi connectivity index (χ1) is 9.51. The van der Waals surface area contributed by atoms with Gasteiger partial charge in [-0.2, -0.15) is 17.6 Å². The summed E-state index contributed by atoms with van der Waals surface area (Å²) in [7, 11) is 0. The smallest absolute Gasteiger partial charge is 0.346 e. The molecule has 0 fully saturated rings. The fourth-order valence-electron chi connectivity index (χ4n) is 0.957. The minimum Gasteiger partial charge on any atom is -0.459 e. The molecule has 0 bridgehead atoms. The first-order valence-corrected chi connectivity index (χ1v) is 6.61. The van der Waals surface area contributed by atoms with Gasteiger partial charge >= 0.3 is 23.8 Å². The van der Waals surface area contributed by atoms with Gasteiger partial charge in [-0.25, -0.2) is 0 Å². The fourth-order valence-corrected chi connectivity index (χ4v) is 0.957. The molecule has 0 aliphatic carbocycles. The highest BCUT2D eigenvalue weighted by molar-refractivity contribution is 5.75. The van der Waals surface area contributed by atoms with Crippen molar-refractivity contribution in [2.75, 3.05) is 13.2 Å². The third-order valence-corrected chi connectivity index (χ3v) is 2.53. The van der Waals surface area contributed by atoms with Crippen molar-refractivity contribution < 1.29 is 36.6 Å². The molecule has 0 unspecified atom stereocenters. The third kappa shape index (κ3) is 5.81. The molecule has 0 radical (unpaired) electrons. The summed E-state index contributed by atoms with van der Waals surface area (Å²) in [6.07, 6.45) is 0. The van der Waals surface area contributed by atoms with E-state index in [0.717, 1.165) is 0 Å². The SMILES string of the molecule is CC(C)(C)C(=O)OCC(F)(F)C(F)(F)COC(=O)C(C)(C)C. The number of alkyl halides is 4. The Morgan fingerprint density at radius 2 is 0.909 bits per heavy atom. The summed E-state index contributed by atoms with van der Waals surface area (Å²) in [5.41, 5.74) is -2.19. The predicted octanol–water partition coefficient (Wildman–Crippen LogP) is 3.44. The van der Waals surface area contributed by atoms with Crippen molar-refractivity contribution in [3.8, 4) is 0 Å². The molecule has 0 saturated carbocycles. The summed E-state index contributed by atoms with van der Waals surface area (Å²) in [5, 5.41) is 0. The van der Waals surface area contributed by atoms with Gasteiger partial charge in [-0.1, -0.05) is 0 Å². The van der Waals surface area contributed by atoms with Crippen LogP contribution in [-0.2, 0) is 19.1 Å². The van der Waals surface area contributed by atoms with Crippen molar-refractivity contribution in [2.24, 2.45) is 10.8 Å². The molecule has 0 N–H and O–H groups in total. The highest BCUT2D eigenvalue weighted by Crippen LogP contribution is 2.35. The first-order valence-electron chi connectivity index (χ1n) is 6.61. The van der Waals surface area contributed by atoms with Crippen molar-refractivity contribution in [2.45, 2.75) is 53.4 Å². The Labute approximate surface area is 127 Å². The van der Waals surface area contributed by atoms with Gasteiger partial charge in [-0.05, 0) is 41.5 Å². The van der Waals surface area contributed by atoms with Gasteiger partial charge in [0.05, 0.1) is 10.8 Å². The zero-order chi connectivity index (χ0) is 18.0. The molecule has 0 spiro atoms. The Morgan fingerprint density at radius 3 is 1.09 bits per heavy atom. The Hall–Kier alpha value is -1.34. The fraction of sp³-hybridized carbons (Fsp3) is 0.857. The van der Waals surface area contributed by atoms with E-state index in [1.54, 1.807) is 0 Å². The number of halogens is 4. The topological polar surface area (TPSA) is 52.6 Å². The van der Waals surface area contributed by atoms with Crippen LogP contribution in [0, 0.1) is 10.8 Å². The first kappa shape index (κ1) is 20.7. The van der Waals surface area contributed by atoms with Gasteiger partial charge in [0.2, 0.25) is 0 Å². The van der Waals surface area contributed by atoms with Crippen molar-refractivity contribution in [1.82, 2.24) is 0 Å². The zero-order valence-electron chi connectivity index (χ0n) is 13.6. The molecule has 0 atom stereocenters. The van der Waals surface area contributed by atoms with Crippen LogP contribution in [0.2, 0.25) is 0 Å². The van der Waals surface area contributed by atoms with E-state index in [4.69, 9.17) is 0 Å². The molecule has 4 nitrogen and oxygen atoms in total. The van der Waals surface area contributed by atoms with Crippen LogP contribution < -0.4 is 0 Å². The van der Waals surface area contributed by atoms with Gasteiger partial charge in [0.15, 0.2) is 13.2 Å². The second-order valence-electron chi connectivity index (χ2n) is 7.06. The van der Waals surface area contributed by atoms with Gasteiger partial charge in [-0.15, -0.1) is 0 Å². The minimum atomic E-state index is -4.65. The van der Waals surface area contributed by atoms with Crippen LogP contribution in [0.3, 0.4) is 0 Å². The van der Waals surface area contributed by atoms with Gasteiger partial charge < -0.3 is 9.47 Å². The van der Waals surface area contributed by atoms with Gasteiger partial charge in [0.1, 0.15) is 0 Å². The van der Waals surface area contributed by atoms with Crippen molar-refractivity contribution in [1.29, 1.82) is 0 Å².